The number of piperidine rings is 1. The molecule has 142 valence electrons. The molecule has 2 aromatic heterocycles. The van der Waals surface area contributed by atoms with Gasteiger partial charge in [-0.1, -0.05) is 11.2 Å². The molecule has 2 aliphatic heterocycles. The lowest BCUT2D eigenvalue weighted by Gasteiger charge is -2.42. The number of aromatic nitrogens is 1. The first-order chi connectivity index (χ1) is 12.7. The number of rotatable bonds is 6. The number of ether oxygens (including phenoxy) is 1. The predicted molar refractivity (Wildman–Crippen MR) is 103 cm³/mol. The molecule has 2 saturated heterocycles. The number of thiophene rings is 1. The maximum absolute atomic E-state index is 5.60. The molecule has 4 rings (SSSR count). The average molecular weight is 376 g/mol. The van der Waals surface area contributed by atoms with Gasteiger partial charge in [0.2, 0.25) is 0 Å². The molecule has 0 amide bonds. The molecule has 0 radical (unpaired) electrons. The number of aryl methyl sites for hydroxylation is 1. The molecule has 4 heterocycles. The molecule has 5 nitrogen and oxygen atoms in total. The highest BCUT2D eigenvalue weighted by atomic mass is 32.1. The van der Waals surface area contributed by atoms with E-state index in [-0.39, 0.29) is 0 Å². The molecule has 1 unspecified atom stereocenters. The highest BCUT2D eigenvalue weighted by Crippen LogP contribution is 2.45. The van der Waals surface area contributed by atoms with Gasteiger partial charge in [0.15, 0.2) is 0 Å². The van der Waals surface area contributed by atoms with Crippen LogP contribution in [0.15, 0.2) is 28.1 Å². The fraction of sp³-hybridized carbons (Fsp3) is 0.650. The molecule has 0 aromatic carbocycles. The Morgan fingerprint density at radius 3 is 2.81 bits per heavy atom. The Hall–Kier alpha value is -1.21. The highest BCUT2D eigenvalue weighted by Gasteiger charge is 2.47. The summed E-state index contributed by atoms with van der Waals surface area (Å²) in [6.45, 7) is 9.46. The van der Waals surface area contributed by atoms with Crippen LogP contribution in [0.2, 0.25) is 0 Å². The lowest BCUT2D eigenvalue weighted by molar-refractivity contribution is 0.0344. The standard InChI is InChI=1S/C20H29N3O2S/c1-16-10-18(21-25-16)12-22-7-5-20(6-8-22)15-23(11-17(20)14-24-2)13-19-4-3-9-26-19/h3-4,9-10,17H,5-8,11-15H2,1-2H3. The fourth-order valence-electron chi connectivity index (χ4n) is 4.76. The summed E-state index contributed by atoms with van der Waals surface area (Å²) in [5.41, 5.74) is 1.46. The second-order valence-electron chi connectivity index (χ2n) is 7.97. The SMILES string of the molecule is COCC1CN(Cc2cccs2)CC12CCN(Cc1cc(C)on1)CC2. The van der Waals surface area contributed by atoms with Gasteiger partial charge in [-0.3, -0.25) is 9.80 Å². The largest absolute Gasteiger partial charge is 0.384 e. The third-order valence-corrected chi connectivity index (χ3v) is 6.99. The molecule has 26 heavy (non-hydrogen) atoms. The highest BCUT2D eigenvalue weighted by molar-refractivity contribution is 7.09. The number of hydrogen-bond acceptors (Lipinski definition) is 6. The van der Waals surface area contributed by atoms with Crippen LogP contribution in [0.3, 0.4) is 0 Å². The summed E-state index contributed by atoms with van der Waals surface area (Å²) in [6.07, 6.45) is 2.50. The van der Waals surface area contributed by atoms with E-state index >= 15 is 0 Å². The Labute approximate surface area is 159 Å². The van der Waals surface area contributed by atoms with Crippen LogP contribution in [0.5, 0.6) is 0 Å². The van der Waals surface area contributed by atoms with Crippen LogP contribution in [0.4, 0.5) is 0 Å². The number of likely N-dealkylation sites (tertiary alicyclic amines) is 2. The second kappa shape index (κ2) is 7.80. The van der Waals surface area contributed by atoms with Crippen LogP contribution in [0.1, 0.15) is 29.2 Å². The molecule has 1 atom stereocenters. The van der Waals surface area contributed by atoms with E-state index in [9.17, 15) is 0 Å². The van der Waals surface area contributed by atoms with Crippen molar-refractivity contribution in [2.24, 2.45) is 11.3 Å². The van der Waals surface area contributed by atoms with Gasteiger partial charge < -0.3 is 9.26 Å². The summed E-state index contributed by atoms with van der Waals surface area (Å²) in [6, 6.07) is 6.46. The molecule has 0 N–H and O–H groups in total. The molecule has 0 saturated carbocycles. The van der Waals surface area contributed by atoms with Gasteiger partial charge in [-0.05, 0) is 49.7 Å². The van der Waals surface area contributed by atoms with Crippen molar-refractivity contribution in [3.05, 3.63) is 39.9 Å². The van der Waals surface area contributed by atoms with E-state index in [0.717, 1.165) is 50.8 Å². The van der Waals surface area contributed by atoms with Crippen molar-refractivity contribution in [3.63, 3.8) is 0 Å². The van der Waals surface area contributed by atoms with Gasteiger partial charge in [0, 0.05) is 50.2 Å². The van der Waals surface area contributed by atoms with Gasteiger partial charge in [-0.15, -0.1) is 11.3 Å². The topological polar surface area (TPSA) is 41.7 Å². The minimum absolute atomic E-state index is 0.406. The maximum Gasteiger partial charge on any atom is 0.133 e. The Morgan fingerprint density at radius 1 is 1.31 bits per heavy atom. The maximum atomic E-state index is 5.60. The van der Waals surface area contributed by atoms with E-state index < -0.39 is 0 Å². The molecule has 2 aromatic rings. The quantitative estimate of drug-likeness (QED) is 0.774. The number of methoxy groups -OCH3 is 1. The first-order valence-electron chi connectivity index (χ1n) is 9.55. The van der Waals surface area contributed by atoms with E-state index in [1.807, 2.05) is 25.4 Å². The molecule has 0 bridgehead atoms. The molecule has 0 aliphatic carbocycles. The van der Waals surface area contributed by atoms with Crippen LogP contribution < -0.4 is 0 Å². The molecule has 6 heteroatoms. The van der Waals surface area contributed by atoms with Gasteiger partial charge in [0.25, 0.3) is 0 Å². The van der Waals surface area contributed by atoms with Crippen LogP contribution in [-0.2, 0) is 17.8 Å². The Balaban J connectivity index is 1.38. The molecule has 2 aliphatic rings. The van der Waals surface area contributed by atoms with Crippen molar-refractivity contribution in [2.45, 2.75) is 32.9 Å². The van der Waals surface area contributed by atoms with Crippen molar-refractivity contribution in [1.82, 2.24) is 15.0 Å². The van der Waals surface area contributed by atoms with Gasteiger partial charge in [0.05, 0.1) is 12.3 Å². The van der Waals surface area contributed by atoms with Gasteiger partial charge in [-0.2, -0.15) is 0 Å². The van der Waals surface area contributed by atoms with Crippen LogP contribution >= 0.6 is 11.3 Å². The van der Waals surface area contributed by atoms with Gasteiger partial charge in [-0.25, -0.2) is 0 Å². The van der Waals surface area contributed by atoms with E-state index in [2.05, 4.69) is 38.5 Å². The van der Waals surface area contributed by atoms with E-state index in [0.29, 0.717) is 11.3 Å². The zero-order valence-corrected chi connectivity index (χ0v) is 16.6. The lowest BCUT2D eigenvalue weighted by atomic mass is 9.71. The van der Waals surface area contributed by atoms with E-state index in [4.69, 9.17) is 9.26 Å². The van der Waals surface area contributed by atoms with E-state index in [1.165, 1.54) is 24.3 Å². The summed E-state index contributed by atoms with van der Waals surface area (Å²) in [4.78, 5) is 6.64. The number of hydrogen-bond donors (Lipinski definition) is 0. The van der Waals surface area contributed by atoms with E-state index in [1.54, 1.807) is 0 Å². The van der Waals surface area contributed by atoms with Gasteiger partial charge >= 0.3 is 0 Å². The minimum atomic E-state index is 0.406. The first-order valence-corrected chi connectivity index (χ1v) is 10.4. The van der Waals surface area contributed by atoms with Crippen molar-refractivity contribution >= 4 is 11.3 Å². The fourth-order valence-corrected chi connectivity index (χ4v) is 5.51. The monoisotopic (exact) mass is 375 g/mol. The Morgan fingerprint density at radius 2 is 2.15 bits per heavy atom. The third kappa shape index (κ3) is 3.88. The van der Waals surface area contributed by atoms with Gasteiger partial charge in [0.1, 0.15) is 5.76 Å². The minimum Gasteiger partial charge on any atom is -0.384 e. The molecule has 2 fully saturated rings. The molecule has 1 spiro atoms. The number of nitrogens with zero attached hydrogens (tertiary/aromatic N) is 3. The zero-order valence-electron chi connectivity index (χ0n) is 15.8. The van der Waals surface area contributed by atoms with Crippen LogP contribution in [-0.4, -0.2) is 54.9 Å². The smallest absolute Gasteiger partial charge is 0.133 e. The predicted octanol–water partition coefficient (Wildman–Crippen LogP) is 3.41. The summed E-state index contributed by atoms with van der Waals surface area (Å²) in [5.74, 6) is 1.54. The van der Waals surface area contributed by atoms with Crippen molar-refractivity contribution in [1.29, 1.82) is 0 Å². The van der Waals surface area contributed by atoms with Crippen LogP contribution in [0, 0.1) is 18.3 Å². The summed E-state index contributed by atoms with van der Waals surface area (Å²) in [5, 5.41) is 6.33. The Bertz CT molecular complexity index is 692. The summed E-state index contributed by atoms with van der Waals surface area (Å²) >= 11 is 1.87. The first kappa shape index (κ1) is 18.2. The summed E-state index contributed by atoms with van der Waals surface area (Å²) in [7, 11) is 1.84. The third-order valence-electron chi connectivity index (χ3n) is 6.12. The molecular weight excluding hydrogens is 346 g/mol. The zero-order chi connectivity index (χ0) is 18.0. The van der Waals surface area contributed by atoms with Crippen molar-refractivity contribution < 1.29 is 9.26 Å². The van der Waals surface area contributed by atoms with Crippen LogP contribution in [0.25, 0.3) is 0 Å². The van der Waals surface area contributed by atoms with Crippen molar-refractivity contribution in [3.8, 4) is 0 Å². The molecular formula is C20H29N3O2S. The van der Waals surface area contributed by atoms with Crippen molar-refractivity contribution in [2.75, 3.05) is 39.9 Å². The normalized spacial score (nSPS) is 23.8. The average Bonchev–Trinajstić information content (AvgIpc) is 3.34. The Kier molecular flexibility index (Phi) is 5.45. The second-order valence-corrected chi connectivity index (χ2v) is 9.00. The summed E-state index contributed by atoms with van der Waals surface area (Å²) < 4.78 is 10.8. The lowest BCUT2D eigenvalue weighted by Crippen LogP contribution is -2.44.